The molecular weight excluding hydrogens is 206 g/mol. The highest BCUT2D eigenvalue weighted by molar-refractivity contribution is 5.17. The van der Waals surface area contributed by atoms with E-state index in [2.05, 4.69) is 49.8 Å². The van der Waals surface area contributed by atoms with E-state index in [1.807, 2.05) is 12.2 Å². The largest absolute Gasteiger partial charge is 0.377 e. The van der Waals surface area contributed by atoms with Crippen molar-refractivity contribution >= 4 is 0 Å². The Morgan fingerprint density at radius 3 is 2.53 bits per heavy atom. The van der Waals surface area contributed by atoms with Crippen LogP contribution in [0.2, 0.25) is 0 Å². The Balaban J connectivity index is 2.36. The van der Waals surface area contributed by atoms with Crippen molar-refractivity contribution in [3.05, 3.63) is 48.7 Å². The molecule has 0 N–H and O–H groups in total. The molecule has 1 saturated heterocycles. The number of piperidine rings is 1. The van der Waals surface area contributed by atoms with E-state index in [0.29, 0.717) is 0 Å². The van der Waals surface area contributed by atoms with Crippen molar-refractivity contribution in [3.63, 3.8) is 0 Å². The minimum Gasteiger partial charge on any atom is -0.377 e. The van der Waals surface area contributed by atoms with E-state index in [1.54, 1.807) is 0 Å². The summed E-state index contributed by atoms with van der Waals surface area (Å²) in [4.78, 5) is 2.39. The lowest BCUT2D eigenvalue weighted by atomic mass is 9.90. The molecule has 0 aromatic rings. The zero-order valence-electron chi connectivity index (χ0n) is 11.2. The summed E-state index contributed by atoms with van der Waals surface area (Å²) in [6.45, 7) is 10.3. The van der Waals surface area contributed by atoms with Gasteiger partial charge in [-0.25, -0.2) is 0 Å². The topological polar surface area (TPSA) is 3.24 Å². The normalized spacial score (nSPS) is 19.4. The van der Waals surface area contributed by atoms with Gasteiger partial charge in [-0.05, 0) is 51.3 Å². The van der Waals surface area contributed by atoms with Gasteiger partial charge in [0.1, 0.15) is 0 Å². The highest BCUT2D eigenvalue weighted by Crippen LogP contribution is 2.24. The van der Waals surface area contributed by atoms with E-state index in [0.717, 1.165) is 5.92 Å². The molecule has 0 spiro atoms. The molecule has 0 unspecified atom stereocenters. The summed E-state index contributed by atoms with van der Waals surface area (Å²) >= 11 is 0. The number of likely N-dealkylation sites (tertiary alicyclic amines) is 1. The van der Waals surface area contributed by atoms with Crippen molar-refractivity contribution in [2.75, 3.05) is 13.1 Å². The van der Waals surface area contributed by atoms with Gasteiger partial charge in [-0.2, -0.15) is 0 Å². The molecule has 0 saturated carbocycles. The Morgan fingerprint density at radius 1 is 1.29 bits per heavy atom. The molecule has 1 heterocycles. The third kappa shape index (κ3) is 5.08. The summed E-state index contributed by atoms with van der Waals surface area (Å²) in [5.41, 5.74) is 1.48. The summed E-state index contributed by atoms with van der Waals surface area (Å²) in [5, 5.41) is 0. The smallest absolute Gasteiger partial charge is 0.0175 e. The van der Waals surface area contributed by atoms with Crippen molar-refractivity contribution in [1.82, 2.24) is 4.90 Å². The lowest BCUT2D eigenvalue weighted by Crippen LogP contribution is -2.29. The SMILES string of the molecule is C=C/C=C/N1CCC(CC(/C=C\C)=C/C)CC1. The summed E-state index contributed by atoms with van der Waals surface area (Å²) in [6.07, 6.45) is 16.5. The van der Waals surface area contributed by atoms with Crippen LogP contribution >= 0.6 is 0 Å². The first-order valence-electron chi connectivity index (χ1n) is 6.61. The summed E-state index contributed by atoms with van der Waals surface area (Å²) < 4.78 is 0. The fourth-order valence-corrected chi connectivity index (χ4v) is 2.32. The van der Waals surface area contributed by atoms with Gasteiger partial charge in [0.15, 0.2) is 0 Å². The molecule has 1 aliphatic heterocycles. The molecular formula is C16H25N. The van der Waals surface area contributed by atoms with Crippen molar-refractivity contribution in [2.24, 2.45) is 5.92 Å². The fraction of sp³-hybridized carbons (Fsp3) is 0.500. The first-order valence-corrected chi connectivity index (χ1v) is 6.61. The van der Waals surface area contributed by atoms with Gasteiger partial charge in [0.05, 0.1) is 0 Å². The third-order valence-electron chi connectivity index (χ3n) is 3.36. The second-order valence-corrected chi connectivity index (χ2v) is 4.62. The summed E-state index contributed by atoms with van der Waals surface area (Å²) in [5.74, 6) is 0.853. The predicted octanol–water partition coefficient (Wildman–Crippen LogP) is 4.31. The zero-order chi connectivity index (χ0) is 12.5. The maximum absolute atomic E-state index is 3.70. The van der Waals surface area contributed by atoms with Crippen LogP contribution < -0.4 is 0 Å². The number of hydrogen-bond acceptors (Lipinski definition) is 1. The Labute approximate surface area is 106 Å². The Hall–Kier alpha value is -1.24. The van der Waals surface area contributed by atoms with Crippen LogP contribution in [0.3, 0.4) is 0 Å². The van der Waals surface area contributed by atoms with Crippen LogP contribution in [-0.4, -0.2) is 18.0 Å². The van der Waals surface area contributed by atoms with E-state index in [4.69, 9.17) is 0 Å². The molecule has 0 aromatic heterocycles. The maximum Gasteiger partial charge on any atom is 0.0175 e. The number of hydrogen-bond donors (Lipinski definition) is 0. The highest BCUT2D eigenvalue weighted by Gasteiger charge is 2.17. The van der Waals surface area contributed by atoms with Crippen LogP contribution in [0.15, 0.2) is 48.7 Å². The average Bonchev–Trinajstić information content (AvgIpc) is 2.37. The molecule has 0 aromatic carbocycles. The number of nitrogens with zero attached hydrogens (tertiary/aromatic N) is 1. The standard InChI is InChI=1S/C16H25N/c1-4-7-11-17-12-9-16(10-13-17)14-15(6-3)8-5-2/h4-8,11,16H,1,9-10,12-14H2,2-3H3/b8-5-,11-7+,15-6+. The number of rotatable bonds is 5. The lowest BCUT2D eigenvalue weighted by molar-refractivity contribution is 0.243. The van der Waals surface area contributed by atoms with Gasteiger partial charge in [0.25, 0.3) is 0 Å². The van der Waals surface area contributed by atoms with Crippen LogP contribution in [-0.2, 0) is 0 Å². The van der Waals surface area contributed by atoms with Crippen LogP contribution in [0, 0.1) is 5.92 Å². The van der Waals surface area contributed by atoms with Crippen LogP contribution in [0.5, 0.6) is 0 Å². The van der Waals surface area contributed by atoms with Crippen molar-refractivity contribution < 1.29 is 0 Å². The molecule has 1 fully saturated rings. The molecule has 1 nitrogen and oxygen atoms in total. The maximum atomic E-state index is 3.70. The molecule has 1 heteroatoms. The van der Waals surface area contributed by atoms with E-state index in [9.17, 15) is 0 Å². The first-order chi connectivity index (χ1) is 8.30. The molecule has 0 amide bonds. The van der Waals surface area contributed by atoms with E-state index in [1.165, 1.54) is 37.9 Å². The third-order valence-corrected chi connectivity index (χ3v) is 3.36. The molecule has 17 heavy (non-hydrogen) atoms. The molecule has 0 radical (unpaired) electrons. The van der Waals surface area contributed by atoms with Gasteiger partial charge in [-0.15, -0.1) is 0 Å². The monoisotopic (exact) mass is 231 g/mol. The van der Waals surface area contributed by atoms with E-state index < -0.39 is 0 Å². The zero-order valence-corrected chi connectivity index (χ0v) is 11.2. The molecule has 1 aliphatic rings. The minimum atomic E-state index is 0.853. The molecule has 94 valence electrons. The first kappa shape index (κ1) is 13.8. The second kappa shape index (κ2) is 7.94. The van der Waals surface area contributed by atoms with Gasteiger partial charge in [-0.3, -0.25) is 0 Å². The molecule has 0 bridgehead atoms. The Bertz CT molecular complexity index is 301. The van der Waals surface area contributed by atoms with E-state index >= 15 is 0 Å². The molecule has 0 atom stereocenters. The van der Waals surface area contributed by atoms with Gasteiger partial charge >= 0.3 is 0 Å². The van der Waals surface area contributed by atoms with Crippen LogP contribution in [0.25, 0.3) is 0 Å². The van der Waals surface area contributed by atoms with Crippen molar-refractivity contribution in [1.29, 1.82) is 0 Å². The van der Waals surface area contributed by atoms with E-state index in [-0.39, 0.29) is 0 Å². The minimum absolute atomic E-state index is 0.853. The van der Waals surface area contributed by atoms with Crippen molar-refractivity contribution in [3.8, 4) is 0 Å². The summed E-state index contributed by atoms with van der Waals surface area (Å²) in [6, 6.07) is 0. The van der Waals surface area contributed by atoms with Crippen LogP contribution in [0.4, 0.5) is 0 Å². The Morgan fingerprint density at radius 2 is 2.00 bits per heavy atom. The van der Waals surface area contributed by atoms with Gasteiger partial charge in [-0.1, -0.05) is 36.5 Å². The van der Waals surface area contributed by atoms with Gasteiger partial charge in [0.2, 0.25) is 0 Å². The fourth-order valence-electron chi connectivity index (χ4n) is 2.32. The van der Waals surface area contributed by atoms with Crippen LogP contribution in [0.1, 0.15) is 33.1 Å². The second-order valence-electron chi connectivity index (χ2n) is 4.62. The average molecular weight is 231 g/mol. The predicted molar refractivity (Wildman–Crippen MR) is 76.8 cm³/mol. The quantitative estimate of drug-likeness (QED) is 0.637. The van der Waals surface area contributed by atoms with Gasteiger partial charge < -0.3 is 4.90 Å². The molecule has 0 aliphatic carbocycles. The highest BCUT2D eigenvalue weighted by atomic mass is 15.1. The Kier molecular flexibility index (Phi) is 6.46. The molecule has 1 rings (SSSR count). The van der Waals surface area contributed by atoms with Gasteiger partial charge in [0, 0.05) is 13.1 Å². The number of allylic oxidation sites excluding steroid dienone is 6. The van der Waals surface area contributed by atoms with Crippen molar-refractivity contribution in [2.45, 2.75) is 33.1 Å². The summed E-state index contributed by atoms with van der Waals surface area (Å²) in [7, 11) is 0. The lowest BCUT2D eigenvalue weighted by Gasteiger charge is -2.31.